The Morgan fingerprint density at radius 2 is 1.63 bits per heavy atom. The van der Waals surface area contributed by atoms with Crippen molar-refractivity contribution in [2.24, 2.45) is 0 Å². The molecule has 0 aromatic heterocycles. The van der Waals surface area contributed by atoms with Crippen molar-refractivity contribution < 1.29 is 9.18 Å². The molecule has 1 fully saturated rings. The van der Waals surface area contributed by atoms with Gasteiger partial charge in [-0.1, -0.05) is 41.0 Å². The van der Waals surface area contributed by atoms with E-state index in [0.29, 0.717) is 12.0 Å². The van der Waals surface area contributed by atoms with E-state index in [2.05, 4.69) is 34.1 Å². The summed E-state index contributed by atoms with van der Waals surface area (Å²) < 4.78 is 13.1. The minimum absolute atomic E-state index is 0.0758. The van der Waals surface area contributed by atoms with Gasteiger partial charge in [-0.3, -0.25) is 9.69 Å². The van der Waals surface area contributed by atoms with Crippen molar-refractivity contribution in [3.05, 3.63) is 93.2 Å². The summed E-state index contributed by atoms with van der Waals surface area (Å²) in [5, 5.41) is 1.53. The molecule has 2 aliphatic rings. The van der Waals surface area contributed by atoms with Crippen LogP contribution in [0.1, 0.15) is 40.4 Å². The second-order valence-corrected chi connectivity index (χ2v) is 11.1. The maximum Gasteiger partial charge on any atom is 0.162 e. The van der Waals surface area contributed by atoms with Gasteiger partial charge in [-0.05, 0) is 85.1 Å². The number of halogens is 3. The van der Waals surface area contributed by atoms with Gasteiger partial charge in [-0.25, -0.2) is 4.39 Å². The molecular formula is C28H27Cl2FN2OS. The van der Waals surface area contributed by atoms with Crippen molar-refractivity contribution in [2.75, 3.05) is 32.7 Å². The van der Waals surface area contributed by atoms with Crippen molar-refractivity contribution in [1.82, 2.24) is 9.80 Å². The number of piperazine rings is 1. The molecule has 35 heavy (non-hydrogen) atoms. The van der Waals surface area contributed by atoms with E-state index in [1.54, 1.807) is 23.9 Å². The van der Waals surface area contributed by atoms with Gasteiger partial charge >= 0.3 is 0 Å². The van der Waals surface area contributed by atoms with Crippen molar-refractivity contribution in [2.45, 2.75) is 35.1 Å². The number of fused-ring (bicyclic) bond motifs is 2. The minimum Gasteiger partial charge on any atom is -0.301 e. The number of nitrogens with zero attached hydrogens (tertiary/aromatic N) is 2. The third kappa shape index (κ3) is 5.92. The molecule has 1 atom stereocenters. The molecule has 0 radical (unpaired) electrons. The van der Waals surface area contributed by atoms with Crippen LogP contribution in [-0.2, 0) is 6.42 Å². The highest BCUT2D eigenvalue weighted by atomic mass is 35.5. The van der Waals surface area contributed by atoms with E-state index >= 15 is 0 Å². The van der Waals surface area contributed by atoms with Gasteiger partial charge in [-0.2, -0.15) is 0 Å². The third-order valence-electron chi connectivity index (χ3n) is 6.89. The van der Waals surface area contributed by atoms with Crippen LogP contribution in [0, 0.1) is 5.82 Å². The normalized spacial score (nSPS) is 18.5. The Balaban J connectivity index is 1.21. The van der Waals surface area contributed by atoms with E-state index in [0.717, 1.165) is 55.6 Å². The second kappa shape index (κ2) is 11.0. The van der Waals surface area contributed by atoms with Crippen molar-refractivity contribution in [1.29, 1.82) is 0 Å². The first-order valence-corrected chi connectivity index (χ1v) is 13.5. The van der Waals surface area contributed by atoms with E-state index in [9.17, 15) is 9.18 Å². The molecule has 2 heterocycles. The lowest BCUT2D eigenvalue weighted by Gasteiger charge is -2.39. The van der Waals surface area contributed by atoms with E-state index in [1.807, 2.05) is 12.1 Å². The monoisotopic (exact) mass is 528 g/mol. The number of benzene rings is 3. The minimum atomic E-state index is -0.316. The first kappa shape index (κ1) is 24.8. The summed E-state index contributed by atoms with van der Waals surface area (Å²) in [6, 6.07) is 18.5. The van der Waals surface area contributed by atoms with Crippen molar-refractivity contribution >= 4 is 40.7 Å². The van der Waals surface area contributed by atoms with Crippen LogP contribution in [0.5, 0.6) is 0 Å². The smallest absolute Gasteiger partial charge is 0.162 e. The summed E-state index contributed by atoms with van der Waals surface area (Å²) in [5.74, 6) is -0.240. The molecule has 3 nitrogen and oxygen atoms in total. The van der Waals surface area contributed by atoms with Crippen molar-refractivity contribution in [3.8, 4) is 0 Å². The third-order valence-corrected chi connectivity index (χ3v) is 8.55. The Bertz CT molecular complexity index is 1210. The molecular weight excluding hydrogens is 502 g/mol. The lowest BCUT2D eigenvalue weighted by atomic mass is 9.96. The highest BCUT2D eigenvalue weighted by Crippen LogP contribution is 2.44. The molecule has 2 aliphatic heterocycles. The van der Waals surface area contributed by atoms with E-state index in [-0.39, 0.29) is 17.6 Å². The topological polar surface area (TPSA) is 23.6 Å². The molecule has 0 aliphatic carbocycles. The number of ketones is 1. The number of carbonyl (C=O) groups is 1. The number of hydrogen-bond acceptors (Lipinski definition) is 4. The maximum absolute atomic E-state index is 13.1. The molecule has 1 saturated heterocycles. The summed E-state index contributed by atoms with van der Waals surface area (Å²) in [4.78, 5) is 19.8. The number of rotatable bonds is 6. The predicted octanol–water partition coefficient (Wildman–Crippen LogP) is 7.16. The Morgan fingerprint density at radius 3 is 2.40 bits per heavy atom. The average Bonchev–Trinajstić information content (AvgIpc) is 3.01. The highest BCUT2D eigenvalue weighted by Gasteiger charge is 2.30. The van der Waals surface area contributed by atoms with Gasteiger partial charge in [0, 0.05) is 64.0 Å². The first-order valence-electron chi connectivity index (χ1n) is 12.0. The van der Waals surface area contributed by atoms with Gasteiger partial charge in [0.25, 0.3) is 0 Å². The molecule has 0 saturated carbocycles. The Labute approximate surface area is 220 Å². The van der Waals surface area contributed by atoms with Crippen LogP contribution in [0.2, 0.25) is 10.0 Å². The number of hydrogen-bond donors (Lipinski definition) is 0. The number of Topliss-reactive ketones (excluding diaryl/α,β-unsaturated/α-hetero) is 1. The van der Waals surface area contributed by atoms with E-state index in [4.69, 9.17) is 23.2 Å². The zero-order valence-corrected chi connectivity index (χ0v) is 21.7. The molecule has 7 heteroatoms. The van der Waals surface area contributed by atoms with Gasteiger partial charge in [-0.15, -0.1) is 0 Å². The fourth-order valence-electron chi connectivity index (χ4n) is 4.97. The van der Waals surface area contributed by atoms with Crippen LogP contribution >= 0.6 is 35.0 Å². The average molecular weight is 530 g/mol. The lowest BCUT2D eigenvalue weighted by molar-refractivity contribution is 0.0888. The predicted molar refractivity (Wildman–Crippen MR) is 141 cm³/mol. The number of carbonyl (C=O) groups excluding carboxylic acids is 1. The van der Waals surface area contributed by atoms with Crippen LogP contribution in [0.4, 0.5) is 4.39 Å². The van der Waals surface area contributed by atoms with Gasteiger partial charge in [0.05, 0.1) is 0 Å². The van der Waals surface area contributed by atoms with Crippen molar-refractivity contribution in [3.63, 3.8) is 0 Å². The summed E-state index contributed by atoms with van der Waals surface area (Å²) in [6.45, 7) is 4.77. The lowest BCUT2D eigenvalue weighted by Crippen LogP contribution is -2.48. The SMILES string of the molecule is O=C(CCCN1CCN(C2Cc3ccc(Cl)cc3Sc3ccc(Cl)cc32)CC1)c1ccc(F)cc1. The van der Waals surface area contributed by atoms with Gasteiger partial charge in [0.15, 0.2) is 5.78 Å². The summed E-state index contributed by atoms with van der Waals surface area (Å²) in [7, 11) is 0. The van der Waals surface area contributed by atoms with Crippen LogP contribution in [0.15, 0.2) is 70.5 Å². The Morgan fingerprint density at radius 1 is 0.914 bits per heavy atom. The second-order valence-electron chi connectivity index (χ2n) is 9.17. The maximum atomic E-state index is 13.1. The summed E-state index contributed by atoms with van der Waals surface area (Å²) in [5.41, 5.74) is 3.19. The fourth-order valence-corrected chi connectivity index (χ4v) is 6.54. The molecule has 182 valence electrons. The van der Waals surface area contributed by atoms with Gasteiger partial charge in [0.2, 0.25) is 0 Å². The van der Waals surface area contributed by atoms with E-state index in [1.165, 1.54) is 33.1 Å². The molecule has 3 aromatic carbocycles. The molecule has 0 spiro atoms. The zero-order chi connectivity index (χ0) is 24.4. The molecule has 5 rings (SSSR count). The molecule has 3 aromatic rings. The summed E-state index contributed by atoms with van der Waals surface area (Å²) >= 11 is 14.5. The summed E-state index contributed by atoms with van der Waals surface area (Å²) in [6.07, 6.45) is 2.22. The van der Waals surface area contributed by atoms with Crippen LogP contribution in [0.25, 0.3) is 0 Å². The molecule has 1 unspecified atom stereocenters. The van der Waals surface area contributed by atoms with E-state index < -0.39 is 0 Å². The molecule has 0 N–H and O–H groups in total. The van der Waals surface area contributed by atoms with Crippen LogP contribution in [0.3, 0.4) is 0 Å². The zero-order valence-electron chi connectivity index (χ0n) is 19.4. The Kier molecular flexibility index (Phi) is 7.80. The molecule has 0 amide bonds. The molecule has 0 bridgehead atoms. The quantitative estimate of drug-likeness (QED) is 0.316. The van der Waals surface area contributed by atoms with Crippen LogP contribution < -0.4 is 0 Å². The largest absolute Gasteiger partial charge is 0.301 e. The van der Waals surface area contributed by atoms with Gasteiger partial charge in [0.1, 0.15) is 5.82 Å². The van der Waals surface area contributed by atoms with Crippen LogP contribution in [-0.4, -0.2) is 48.3 Å². The standard InChI is InChI=1S/C28H27Cl2FN2OS/c29-21-7-10-27-24(17-21)25(16-20-3-6-22(30)18-28(20)35-27)33-14-12-32(13-15-33)11-1-2-26(34)19-4-8-23(31)9-5-19/h3-10,17-18,25H,1-2,11-16H2. The highest BCUT2D eigenvalue weighted by molar-refractivity contribution is 7.99. The first-order chi connectivity index (χ1) is 17.0. The van der Waals surface area contributed by atoms with Gasteiger partial charge < -0.3 is 4.90 Å². The Hall–Kier alpha value is -1.89. The fraction of sp³-hybridized carbons (Fsp3) is 0.321.